The standard InChI is InChI=1S/C18H25N3O3/c1-4-12-7-5-6-8-21(12)11-17-19-14-10-16(24-3)15(23-2)9-13(14)18(22)20-17/h9-10,12H,4-8,11H2,1-3H3,(H,19,20,22). The van der Waals surface area contributed by atoms with Crippen LogP contribution < -0.4 is 15.0 Å². The molecule has 0 radical (unpaired) electrons. The van der Waals surface area contributed by atoms with Gasteiger partial charge in [0.25, 0.3) is 5.56 Å². The van der Waals surface area contributed by atoms with Gasteiger partial charge < -0.3 is 14.5 Å². The van der Waals surface area contributed by atoms with E-state index >= 15 is 0 Å². The van der Waals surface area contributed by atoms with Gasteiger partial charge in [-0.3, -0.25) is 9.69 Å². The molecule has 1 N–H and O–H groups in total. The van der Waals surface area contributed by atoms with E-state index in [1.807, 2.05) is 0 Å². The quantitative estimate of drug-likeness (QED) is 0.912. The Balaban J connectivity index is 1.96. The van der Waals surface area contributed by atoms with Crippen LogP contribution in [0.15, 0.2) is 16.9 Å². The maximum atomic E-state index is 12.4. The fourth-order valence-electron chi connectivity index (χ4n) is 3.51. The van der Waals surface area contributed by atoms with Crippen LogP contribution in [0.1, 0.15) is 38.4 Å². The van der Waals surface area contributed by atoms with Crippen molar-refractivity contribution in [2.75, 3.05) is 20.8 Å². The molecule has 1 fully saturated rings. The van der Waals surface area contributed by atoms with Crippen LogP contribution in [0.3, 0.4) is 0 Å². The number of piperidine rings is 1. The molecular weight excluding hydrogens is 306 g/mol. The number of hydrogen-bond donors (Lipinski definition) is 1. The van der Waals surface area contributed by atoms with Crippen LogP contribution in [0.25, 0.3) is 10.9 Å². The zero-order chi connectivity index (χ0) is 17.1. The second-order valence-corrected chi connectivity index (χ2v) is 6.27. The van der Waals surface area contributed by atoms with Crippen molar-refractivity contribution in [3.63, 3.8) is 0 Å². The number of rotatable bonds is 5. The summed E-state index contributed by atoms with van der Waals surface area (Å²) >= 11 is 0. The maximum Gasteiger partial charge on any atom is 0.258 e. The van der Waals surface area contributed by atoms with Crippen LogP contribution in [-0.4, -0.2) is 41.7 Å². The lowest BCUT2D eigenvalue weighted by molar-refractivity contribution is 0.133. The lowest BCUT2D eigenvalue weighted by Crippen LogP contribution is -2.39. The Labute approximate surface area is 141 Å². The van der Waals surface area contributed by atoms with Crippen molar-refractivity contribution in [3.05, 3.63) is 28.3 Å². The molecule has 6 nitrogen and oxygen atoms in total. The van der Waals surface area contributed by atoms with Crippen LogP contribution in [0.4, 0.5) is 0 Å². The van der Waals surface area contributed by atoms with E-state index in [0.717, 1.165) is 13.0 Å². The molecule has 2 aromatic rings. The summed E-state index contributed by atoms with van der Waals surface area (Å²) in [4.78, 5) is 22.5. The summed E-state index contributed by atoms with van der Waals surface area (Å²) in [5, 5.41) is 0.516. The zero-order valence-corrected chi connectivity index (χ0v) is 14.6. The van der Waals surface area contributed by atoms with Crippen molar-refractivity contribution in [2.45, 2.75) is 45.2 Å². The number of methoxy groups -OCH3 is 2. The van der Waals surface area contributed by atoms with Gasteiger partial charge in [-0.2, -0.15) is 0 Å². The Morgan fingerprint density at radius 3 is 2.71 bits per heavy atom. The summed E-state index contributed by atoms with van der Waals surface area (Å²) in [6.45, 7) is 3.96. The third-order valence-corrected chi connectivity index (χ3v) is 4.83. The molecule has 0 saturated carbocycles. The smallest absolute Gasteiger partial charge is 0.258 e. The number of likely N-dealkylation sites (tertiary alicyclic amines) is 1. The second kappa shape index (κ2) is 7.21. The number of aromatic nitrogens is 2. The summed E-state index contributed by atoms with van der Waals surface area (Å²) in [5.74, 6) is 1.82. The monoisotopic (exact) mass is 331 g/mol. The highest BCUT2D eigenvalue weighted by Gasteiger charge is 2.22. The van der Waals surface area contributed by atoms with Gasteiger partial charge in [0.15, 0.2) is 11.5 Å². The SMILES string of the molecule is CCC1CCCCN1Cc1nc2cc(OC)c(OC)cc2c(=O)[nH]1. The van der Waals surface area contributed by atoms with E-state index in [9.17, 15) is 4.79 Å². The fourth-order valence-corrected chi connectivity index (χ4v) is 3.51. The first-order valence-corrected chi connectivity index (χ1v) is 8.55. The van der Waals surface area contributed by atoms with Crippen molar-refractivity contribution in [3.8, 4) is 11.5 Å². The van der Waals surface area contributed by atoms with Crippen molar-refractivity contribution in [1.82, 2.24) is 14.9 Å². The van der Waals surface area contributed by atoms with Crippen LogP contribution in [0, 0.1) is 0 Å². The third kappa shape index (κ3) is 3.24. The van der Waals surface area contributed by atoms with Crippen molar-refractivity contribution >= 4 is 10.9 Å². The van der Waals surface area contributed by atoms with Crippen LogP contribution in [0.2, 0.25) is 0 Å². The Morgan fingerprint density at radius 1 is 1.25 bits per heavy atom. The van der Waals surface area contributed by atoms with E-state index in [0.29, 0.717) is 40.8 Å². The molecular formula is C18H25N3O3. The normalized spacial score (nSPS) is 18.7. The number of nitrogens with zero attached hydrogens (tertiary/aromatic N) is 2. The third-order valence-electron chi connectivity index (χ3n) is 4.83. The molecule has 2 heterocycles. The van der Waals surface area contributed by atoms with Gasteiger partial charge in [0.1, 0.15) is 5.82 Å². The predicted molar refractivity (Wildman–Crippen MR) is 93.8 cm³/mol. The second-order valence-electron chi connectivity index (χ2n) is 6.27. The minimum absolute atomic E-state index is 0.138. The first-order valence-electron chi connectivity index (χ1n) is 8.55. The Hall–Kier alpha value is -2.08. The van der Waals surface area contributed by atoms with E-state index in [2.05, 4.69) is 21.8 Å². The molecule has 24 heavy (non-hydrogen) atoms. The Bertz CT molecular complexity index is 772. The minimum Gasteiger partial charge on any atom is -0.493 e. The van der Waals surface area contributed by atoms with Gasteiger partial charge >= 0.3 is 0 Å². The first kappa shape index (κ1) is 16.8. The lowest BCUT2D eigenvalue weighted by atomic mass is 10.00. The number of ether oxygens (including phenoxy) is 2. The van der Waals surface area contributed by atoms with Gasteiger partial charge in [0.2, 0.25) is 0 Å². The van der Waals surface area contributed by atoms with Gasteiger partial charge in [-0.1, -0.05) is 13.3 Å². The average molecular weight is 331 g/mol. The summed E-state index contributed by atoms with van der Waals surface area (Å²) in [6, 6.07) is 4.02. The Kier molecular flexibility index (Phi) is 5.04. The molecule has 1 aromatic heterocycles. The average Bonchev–Trinajstić information content (AvgIpc) is 2.61. The number of fused-ring (bicyclic) bond motifs is 1. The predicted octanol–water partition coefficient (Wildman–Crippen LogP) is 2.70. The van der Waals surface area contributed by atoms with Crippen molar-refractivity contribution < 1.29 is 9.47 Å². The molecule has 1 aliphatic rings. The van der Waals surface area contributed by atoms with Gasteiger partial charge in [-0.15, -0.1) is 0 Å². The van der Waals surface area contributed by atoms with Crippen molar-refractivity contribution in [1.29, 1.82) is 0 Å². The van der Waals surface area contributed by atoms with Crippen molar-refractivity contribution in [2.24, 2.45) is 0 Å². The zero-order valence-electron chi connectivity index (χ0n) is 14.6. The molecule has 6 heteroatoms. The molecule has 1 atom stereocenters. The lowest BCUT2D eigenvalue weighted by Gasteiger charge is -2.34. The van der Waals surface area contributed by atoms with Crippen LogP contribution in [-0.2, 0) is 6.54 Å². The highest BCUT2D eigenvalue weighted by atomic mass is 16.5. The molecule has 0 spiro atoms. The summed E-state index contributed by atoms with van der Waals surface area (Å²) in [6.07, 6.45) is 4.84. The number of benzene rings is 1. The summed E-state index contributed by atoms with van der Waals surface area (Å²) < 4.78 is 10.6. The molecule has 1 saturated heterocycles. The van der Waals surface area contributed by atoms with Crippen LogP contribution >= 0.6 is 0 Å². The Morgan fingerprint density at radius 2 is 2.00 bits per heavy atom. The molecule has 1 unspecified atom stereocenters. The maximum absolute atomic E-state index is 12.4. The molecule has 130 valence electrons. The van der Waals surface area contributed by atoms with E-state index in [-0.39, 0.29) is 5.56 Å². The largest absolute Gasteiger partial charge is 0.493 e. The molecule has 0 amide bonds. The van der Waals surface area contributed by atoms with Gasteiger partial charge in [0, 0.05) is 12.1 Å². The topological polar surface area (TPSA) is 67.5 Å². The first-order chi connectivity index (χ1) is 11.7. The van der Waals surface area contributed by atoms with E-state index in [4.69, 9.17) is 9.47 Å². The summed E-state index contributed by atoms with van der Waals surface area (Å²) in [5.41, 5.74) is 0.498. The number of hydrogen-bond acceptors (Lipinski definition) is 5. The number of H-pyrrole nitrogens is 1. The molecule has 0 bridgehead atoms. The molecule has 0 aliphatic carbocycles. The highest BCUT2D eigenvalue weighted by molar-refractivity contribution is 5.81. The molecule has 1 aliphatic heterocycles. The summed E-state index contributed by atoms with van der Waals surface area (Å²) in [7, 11) is 3.14. The van der Waals surface area contributed by atoms with Crippen LogP contribution in [0.5, 0.6) is 11.5 Å². The highest BCUT2D eigenvalue weighted by Crippen LogP contribution is 2.30. The molecule has 3 rings (SSSR count). The van der Waals surface area contributed by atoms with Gasteiger partial charge in [-0.05, 0) is 31.9 Å². The fraction of sp³-hybridized carbons (Fsp3) is 0.556. The van der Waals surface area contributed by atoms with E-state index in [1.165, 1.54) is 19.3 Å². The van der Waals surface area contributed by atoms with Gasteiger partial charge in [0.05, 0.1) is 31.7 Å². The van der Waals surface area contributed by atoms with Gasteiger partial charge in [-0.25, -0.2) is 4.98 Å². The molecule has 1 aromatic carbocycles. The van der Waals surface area contributed by atoms with E-state index < -0.39 is 0 Å². The minimum atomic E-state index is -0.138. The van der Waals surface area contributed by atoms with E-state index in [1.54, 1.807) is 26.4 Å². The number of nitrogens with one attached hydrogen (secondary N) is 1. The number of aromatic amines is 1.